The molecule has 0 aromatic heterocycles. The Kier molecular flexibility index (Phi) is 6.36. The zero-order valence-electron chi connectivity index (χ0n) is 15.9. The molecule has 0 radical (unpaired) electrons. The van der Waals surface area contributed by atoms with Gasteiger partial charge < -0.3 is 14.8 Å². The van der Waals surface area contributed by atoms with Gasteiger partial charge in [0.25, 0.3) is 5.91 Å². The lowest BCUT2D eigenvalue weighted by atomic mass is 10.0. The van der Waals surface area contributed by atoms with E-state index in [1.54, 1.807) is 44.6 Å². The van der Waals surface area contributed by atoms with Crippen molar-refractivity contribution in [2.75, 3.05) is 19.5 Å². The van der Waals surface area contributed by atoms with Crippen molar-refractivity contribution in [3.63, 3.8) is 0 Å². The Bertz CT molecular complexity index is 1050. The fourth-order valence-electron chi connectivity index (χ4n) is 2.78. The first-order chi connectivity index (χ1) is 14.0. The van der Waals surface area contributed by atoms with Gasteiger partial charge >= 0.3 is 6.03 Å². The van der Waals surface area contributed by atoms with Crippen LogP contribution in [0.1, 0.15) is 10.4 Å². The topological polar surface area (TPSA) is 76.7 Å². The second-order valence-electron chi connectivity index (χ2n) is 6.04. The number of nitrogens with one attached hydrogen (secondary N) is 2. The van der Waals surface area contributed by atoms with E-state index in [4.69, 9.17) is 21.1 Å². The molecule has 0 aliphatic carbocycles. The summed E-state index contributed by atoms with van der Waals surface area (Å²) in [6.45, 7) is 0. The number of carbonyl (C=O) groups excluding carboxylic acids is 2. The summed E-state index contributed by atoms with van der Waals surface area (Å²) in [5, 5.41) is 5.14. The number of amides is 3. The van der Waals surface area contributed by atoms with Crippen molar-refractivity contribution in [1.29, 1.82) is 0 Å². The molecule has 6 nitrogen and oxygen atoms in total. The average molecular weight is 411 g/mol. The molecular weight excluding hydrogens is 392 g/mol. The van der Waals surface area contributed by atoms with Gasteiger partial charge in [0.2, 0.25) is 0 Å². The standard InChI is InChI=1S/C22H19ClN2O4/c1-28-16-7-5-6-14(12-16)17-11-10-15(13-20(17)29-2)24-22(27)25-21(26)18-8-3-4-9-19(18)23/h3-13H,1-2H3,(H2,24,25,26,27). The van der Waals surface area contributed by atoms with Crippen molar-refractivity contribution in [2.45, 2.75) is 0 Å². The Morgan fingerprint density at radius 3 is 2.41 bits per heavy atom. The molecule has 0 saturated heterocycles. The van der Waals surface area contributed by atoms with Gasteiger partial charge in [0.1, 0.15) is 11.5 Å². The number of anilines is 1. The monoisotopic (exact) mass is 410 g/mol. The number of rotatable bonds is 5. The Morgan fingerprint density at radius 1 is 0.897 bits per heavy atom. The van der Waals surface area contributed by atoms with Crippen LogP contribution < -0.4 is 20.1 Å². The van der Waals surface area contributed by atoms with Crippen LogP contribution in [0.4, 0.5) is 10.5 Å². The van der Waals surface area contributed by atoms with Crippen LogP contribution in [0.2, 0.25) is 5.02 Å². The van der Waals surface area contributed by atoms with E-state index >= 15 is 0 Å². The number of hydrogen-bond acceptors (Lipinski definition) is 4. The number of urea groups is 1. The molecule has 3 rings (SSSR count). The molecule has 0 aliphatic heterocycles. The zero-order valence-corrected chi connectivity index (χ0v) is 16.6. The number of halogens is 1. The van der Waals surface area contributed by atoms with E-state index in [1.165, 1.54) is 6.07 Å². The van der Waals surface area contributed by atoms with Crippen LogP contribution in [0, 0.1) is 0 Å². The largest absolute Gasteiger partial charge is 0.497 e. The summed E-state index contributed by atoms with van der Waals surface area (Å²) in [6.07, 6.45) is 0. The fourth-order valence-corrected chi connectivity index (χ4v) is 3.00. The first-order valence-corrected chi connectivity index (χ1v) is 9.09. The first kappa shape index (κ1) is 20.2. The van der Waals surface area contributed by atoms with Crippen molar-refractivity contribution in [1.82, 2.24) is 5.32 Å². The lowest BCUT2D eigenvalue weighted by molar-refractivity contribution is 0.0967. The number of benzene rings is 3. The second-order valence-corrected chi connectivity index (χ2v) is 6.44. The molecule has 0 fully saturated rings. The van der Waals surface area contributed by atoms with Crippen LogP contribution in [-0.2, 0) is 0 Å². The molecule has 0 saturated carbocycles. The molecule has 3 aromatic carbocycles. The molecule has 7 heteroatoms. The highest BCUT2D eigenvalue weighted by Gasteiger charge is 2.14. The van der Waals surface area contributed by atoms with E-state index in [1.807, 2.05) is 30.3 Å². The smallest absolute Gasteiger partial charge is 0.326 e. The lowest BCUT2D eigenvalue weighted by Crippen LogP contribution is -2.34. The van der Waals surface area contributed by atoms with E-state index in [0.29, 0.717) is 11.4 Å². The van der Waals surface area contributed by atoms with Crippen LogP contribution in [-0.4, -0.2) is 26.2 Å². The molecule has 0 aliphatic rings. The van der Waals surface area contributed by atoms with Crippen molar-refractivity contribution in [3.8, 4) is 22.6 Å². The third-order valence-electron chi connectivity index (χ3n) is 4.19. The Labute approximate surface area is 173 Å². The molecule has 2 N–H and O–H groups in total. The minimum absolute atomic E-state index is 0.218. The third-order valence-corrected chi connectivity index (χ3v) is 4.52. The lowest BCUT2D eigenvalue weighted by Gasteiger charge is -2.13. The van der Waals surface area contributed by atoms with Crippen molar-refractivity contribution in [3.05, 3.63) is 77.3 Å². The van der Waals surface area contributed by atoms with Crippen LogP contribution in [0.5, 0.6) is 11.5 Å². The summed E-state index contributed by atoms with van der Waals surface area (Å²) < 4.78 is 10.7. The van der Waals surface area contributed by atoms with Gasteiger partial charge in [-0.05, 0) is 42.0 Å². The highest BCUT2D eigenvalue weighted by molar-refractivity contribution is 6.34. The van der Waals surface area contributed by atoms with Gasteiger partial charge in [-0.2, -0.15) is 0 Å². The predicted octanol–water partition coefficient (Wildman–Crippen LogP) is 4.99. The molecule has 3 aromatic rings. The zero-order chi connectivity index (χ0) is 20.8. The van der Waals surface area contributed by atoms with Crippen molar-refractivity contribution < 1.29 is 19.1 Å². The van der Waals surface area contributed by atoms with E-state index in [0.717, 1.165) is 16.9 Å². The second kappa shape index (κ2) is 9.12. The molecule has 0 bridgehead atoms. The highest BCUT2D eigenvalue weighted by Crippen LogP contribution is 2.34. The number of hydrogen-bond donors (Lipinski definition) is 2. The molecule has 29 heavy (non-hydrogen) atoms. The predicted molar refractivity (Wildman–Crippen MR) is 113 cm³/mol. The van der Waals surface area contributed by atoms with Gasteiger partial charge in [-0.1, -0.05) is 35.9 Å². The highest BCUT2D eigenvalue weighted by atomic mass is 35.5. The molecule has 0 heterocycles. The Hall–Kier alpha value is -3.51. The summed E-state index contributed by atoms with van der Waals surface area (Å²) >= 11 is 5.98. The van der Waals surface area contributed by atoms with Crippen LogP contribution in [0.15, 0.2) is 66.7 Å². The summed E-state index contributed by atoms with van der Waals surface area (Å²) in [4.78, 5) is 24.4. The maximum atomic E-state index is 12.2. The van der Waals surface area contributed by atoms with Gasteiger partial charge in [0.05, 0.1) is 24.8 Å². The van der Waals surface area contributed by atoms with E-state index in [2.05, 4.69) is 10.6 Å². The maximum absolute atomic E-state index is 12.2. The van der Waals surface area contributed by atoms with Crippen LogP contribution >= 0.6 is 11.6 Å². The van der Waals surface area contributed by atoms with Crippen LogP contribution in [0.3, 0.4) is 0 Å². The van der Waals surface area contributed by atoms with E-state index in [-0.39, 0.29) is 10.6 Å². The summed E-state index contributed by atoms with van der Waals surface area (Å²) in [7, 11) is 3.15. The van der Waals surface area contributed by atoms with E-state index in [9.17, 15) is 9.59 Å². The van der Waals surface area contributed by atoms with Crippen molar-refractivity contribution >= 4 is 29.2 Å². The number of imide groups is 1. The van der Waals surface area contributed by atoms with Gasteiger partial charge in [0, 0.05) is 17.3 Å². The number of carbonyl (C=O) groups is 2. The Morgan fingerprint density at radius 2 is 1.69 bits per heavy atom. The van der Waals surface area contributed by atoms with Gasteiger partial charge in [-0.3, -0.25) is 10.1 Å². The van der Waals surface area contributed by atoms with Crippen molar-refractivity contribution in [2.24, 2.45) is 0 Å². The fraction of sp³-hybridized carbons (Fsp3) is 0.0909. The normalized spacial score (nSPS) is 10.2. The number of methoxy groups -OCH3 is 2. The number of ether oxygens (including phenoxy) is 2. The third kappa shape index (κ3) is 4.86. The summed E-state index contributed by atoms with van der Waals surface area (Å²) in [6, 6.07) is 18.6. The summed E-state index contributed by atoms with van der Waals surface area (Å²) in [5.74, 6) is 0.700. The molecule has 0 atom stereocenters. The van der Waals surface area contributed by atoms with Gasteiger partial charge in [-0.15, -0.1) is 0 Å². The minimum atomic E-state index is -0.675. The minimum Gasteiger partial charge on any atom is -0.497 e. The van der Waals surface area contributed by atoms with Gasteiger partial charge in [0.15, 0.2) is 0 Å². The molecular formula is C22H19ClN2O4. The first-order valence-electron chi connectivity index (χ1n) is 8.71. The van der Waals surface area contributed by atoms with Crippen LogP contribution in [0.25, 0.3) is 11.1 Å². The maximum Gasteiger partial charge on any atom is 0.326 e. The van der Waals surface area contributed by atoms with Gasteiger partial charge in [-0.25, -0.2) is 4.79 Å². The molecule has 148 valence electrons. The summed E-state index contributed by atoms with van der Waals surface area (Å²) in [5.41, 5.74) is 2.43. The Balaban J connectivity index is 1.75. The molecule has 3 amide bonds. The molecule has 0 spiro atoms. The quantitative estimate of drug-likeness (QED) is 0.621. The average Bonchev–Trinajstić information content (AvgIpc) is 2.73. The molecule has 0 unspecified atom stereocenters. The van der Waals surface area contributed by atoms with E-state index < -0.39 is 11.9 Å². The SMILES string of the molecule is COc1cccc(-c2ccc(NC(=O)NC(=O)c3ccccc3Cl)cc2OC)c1.